The molecule has 1 amide bonds. The molecular formula is C19H16F2N2OS. The average Bonchev–Trinajstić information content (AvgIpc) is 2.99. The second-order valence-electron chi connectivity index (χ2n) is 5.82. The summed E-state index contributed by atoms with van der Waals surface area (Å²) in [5.41, 5.74) is 3.67. The van der Waals surface area contributed by atoms with Crippen LogP contribution in [-0.4, -0.2) is 10.9 Å². The fourth-order valence-corrected chi connectivity index (χ4v) is 3.21. The minimum absolute atomic E-state index is 0.186. The number of amides is 1. The lowest BCUT2D eigenvalue weighted by Crippen LogP contribution is -2.15. The molecule has 0 saturated carbocycles. The van der Waals surface area contributed by atoms with E-state index in [2.05, 4.69) is 10.3 Å². The van der Waals surface area contributed by atoms with Gasteiger partial charge in [-0.2, -0.15) is 0 Å². The van der Waals surface area contributed by atoms with E-state index in [0.29, 0.717) is 10.8 Å². The third kappa shape index (κ3) is 4.09. The predicted molar refractivity (Wildman–Crippen MR) is 95.7 cm³/mol. The van der Waals surface area contributed by atoms with Gasteiger partial charge in [0.15, 0.2) is 5.13 Å². The van der Waals surface area contributed by atoms with E-state index in [4.69, 9.17) is 0 Å². The number of benzene rings is 2. The van der Waals surface area contributed by atoms with Crippen LogP contribution < -0.4 is 5.32 Å². The fraction of sp³-hybridized carbons (Fsp3) is 0.158. The zero-order valence-corrected chi connectivity index (χ0v) is 14.6. The van der Waals surface area contributed by atoms with Crippen molar-refractivity contribution in [1.29, 1.82) is 0 Å². The Kier molecular flexibility index (Phi) is 4.90. The van der Waals surface area contributed by atoms with E-state index in [9.17, 15) is 13.6 Å². The van der Waals surface area contributed by atoms with Gasteiger partial charge in [-0.25, -0.2) is 13.8 Å². The van der Waals surface area contributed by atoms with Crippen molar-refractivity contribution in [2.75, 3.05) is 5.32 Å². The van der Waals surface area contributed by atoms with Crippen molar-refractivity contribution in [3.63, 3.8) is 0 Å². The maximum atomic E-state index is 13.8. The fourth-order valence-electron chi connectivity index (χ4n) is 2.48. The molecular weight excluding hydrogens is 342 g/mol. The van der Waals surface area contributed by atoms with Gasteiger partial charge in [0.05, 0.1) is 12.1 Å². The summed E-state index contributed by atoms with van der Waals surface area (Å²) in [4.78, 5) is 16.5. The first-order chi connectivity index (χ1) is 11.9. The Labute approximate surface area is 148 Å². The highest BCUT2D eigenvalue weighted by molar-refractivity contribution is 7.14. The van der Waals surface area contributed by atoms with Crippen LogP contribution in [-0.2, 0) is 11.2 Å². The summed E-state index contributed by atoms with van der Waals surface area (Å²) in [5.74, 6) is -1.51. The van der Waals surface area contributed by atoms with Crippen LogP contribution in [0.2, 0.25) is 0 Å². The average molecular weight is 358 g/mol. The molecule has 1 aromatic heterocycles. The number of hydrogen-bond acceptors (Lipinski definition) is 3. The highest BCUT2D eigenvalue weighted by Gasteiger charge is 2.13. The first kappa shape index (κ1) is 17.2. The molecule has 25 heavy (non-hydrogen) atoms. The molecule has 6 heteroatoms. The van der Waals surface area contributed by atoms with Gasteiger partial charge in [-0.15, -0.1) is 11.3 Å². The summed E-state index contributed by atoms with van der Waals surface area (Å²) in [6.45, 7) is 3.94. The molecule has 3 nitrogen and oxygen atoms in total. The van der Waals surface area contributed by atoms with Crippen molar-refractivity contribution >= 4 is 22.4 Å². The molecule has 0 radical (unpaired) electrons. The van der Waals surface area contributed by atoms with E-state index < -0.39 is 11.6 Å². The maximum Gasteiger partial charge on any atom is 0.230 e. The van der Waals surface area contributed by atoms with Gasteiger partial charge < -0.3 is 5.32 Å². The number of aryl methyl sites for hydroxylation is 2. The van der Waals surface area contributed by atoms with Gasteiger partial charge >= 0.3 is 0 Å². The van der Waals surface area contributed by atoms with Gasteiger partial charge in [-0.05, 0) is 37.1 Å². The quantitative estimate of drug-likeness (QED) is 0.722. The summed E-state index contributed by atoms with van der Waals surface area (Å²) in [6, 6.07) is 9.29. The topological polar surface area (TPSA) is 42.0 Å². The third-order valence-electron chi connectivity index (χ3n) is 3.81. The molecule has 3 aromatic rings. The lowest BCUT2D eigenvalue weighted by molar-refractivity contribution is -0.115. The minimum Gasteiger partial charge on any atom is -0.302 e. The molecule has 0 fully saturated rings. The Morgan fingerprint density at radius 3 is 2.72 bits per heavy atom. The van der Waals surface area contributed by atoms with Crippen LogP contribution in [0.5, 0.6) is 0 Å². The lowest BCUT2D eigenvalue weighted by atomic mass is 10.0. The Bertz CT molecular complexity index is 937. The molecule has 0 saturated heterocycles. The standard InChI is InChI=1S/C19H16F2N2OS/c1-11-3-4-12(2)13(7-11)8-18(24)23-19-22-17(10-25-19)15-6-5-14(20)9-16(15)21/h3-7,9-10H,8H2,1-2H3,(H,22,23,24). The van der Waals surface area contributed by atoms with Crippen LogP contribution >= 0.6 is 11.3 Å². The summed E-state index contributed by atoms with van der Waals surface area (Å²) in [6.07, 6.45) is 0.243. The van der Waals surface area contributed by atoms with Crippen molar-refractivity contribution in [3.05, 3.63) is 70.1 Å². The van der Waals surface area contributed by atoms with Crippen LogP contribution in [0.3, 0.4) is 0 Å². The molecule has 0 bridgehead atoms. The summed E-state index contributed by atoms with van der Waals surface area (Å²) in [7, 11) is 0. The maximum absolute atomic E-state index is 13.8. The number of carbonyl (C=O) groups is 1. The van der Waals surface area contributed by atoms with E-state index in [0.717, 1.165) is 22.8 Å². The first-order valence-corrected chi connectivity index (χ1v) is 8.57. The third-order valence-corrected chi connectivity index (χ3v) is 4.57. The summed E-state index contributed by atoms with van der Waals surface area (Å²) in [5, 5.41) is 4.74. The highest BCUT2D eigenvalue weighted by atomic mass is 32.1. The van der Waals surface area contributed by atoms with Crippen LogP contribution in [0.1, 0.15) is 16.7 Å². The summed E-state index contributed by atoms with van der Waals surface area (Å²) >= 11 is 1.20. The first-order valence-electron chi connectivity index (χ1n) is 7.69. The van der Waals surface area contributed by atoms with Gasteiger partial charge in [0.25, 0.3) is 0 Å². The number of nitrogens with zero attached hydrogens (tertiary/aromatic N) is 1. The van der Waals surface area contributed by atoms with E-state index in [-0.39, 0.29) is 17.9 Å². The van der Waals surface area contributed by atoms with Crippen molar-refractivity contribution < 1.29 is 13.6 Å². The monoisotopic (exact) mass is 358 g/mol. The number of rotatable bonds is 4. The van der Waals surface area contributed by atoms with Crippen molar-refractivity contribution in [2.24, 2.45) is 0 Å². The highest BCUT2D eigenvalue weighted by Crippen LogP contribution is 2.27. The zero-order chi connectivity index (χ0) is 18.0. The largest absolute Gasteiger partial charge is 0.302 e. The number of carbonyl (C=O) groups excluding carboxylic acids is 1. The van der Waals surface area contributed by atoms with Gasteiger partial charge in [-0.3, -0.25) is 4.79 Å². The molecule has 128 valence electrons. The van der Waals surface area contributed by atoms with Crippen LogP contribution in [0.4, 0.5) is 13.9 Å². The van der Waals surface area contributed by atoms with Crippen molar-refractivity contribution in [2.45, 2.75) is 20.3 Å². The van der Waals surface area contributed by atoms with E-state index >= 15 is 0 Å². The molecule has 0 spiro atoms. The van der Waals surface area contributed by atoms with E-state index in [1.165, 1.54) is 23.5 Å². The molecule has 0 atom stereocenters. The van der Waals surface area contributed by atoms with E-state index in [1.807, 2.05) is 32.0 Å². The molecule has 0 aliphatic carbocycles. The molecule has 1 N–H and O–H groups in total. The number of anilines is 1. The second-order valence-corrected chi connectivity index (χ2v) is 6.68. The normalized spacial score (nSPS) is 10.7. The predicted octanol–water partition coefficient (Wildman–Crippen LogP) is 4.89. The van der Waals surface area contributed by atoms with E-state index in [1.54, 1.807) is 5.38 Å². The molecule has 3 rings (SSSR count). The van der Waals surface area contributed by atoms with Crippen molar-refractivity contribution in [3.8, 4) is 11.3 Å². The number of thiazole rings is 1. The van der Waals surface area contributed by atoms with Crippen LogP contribution in [0.25, 0.3) is 11.3 Å². The smallest absolute Gasteiger partial charge is 0.230 e. The number of aromatic nitrogens is 1. The number of halogens is 2. The SMILES string of the molecule is Cc1ccc(C)c(CC(=O)Nc2nc(-c3ccc(F)cc3F)cs2)c1. The minimum atomic E-state index is -0.682. The van der Waals surface area contributed by atoms with Crippen LogP contribution in [0, 0.1) is 25.5 Å². The zero-order valence-electron chi connectivity index (χ0n) is 13.8. The summed E-state index contributed by atoms with van der Waals surface area (Å²) < 4.78 is 26.8. The lowest BCUT2D eigenvalue weighted by Gasteiger charge is -2.06. The van der Waals surface area contributed by atoms with Crippen LogP contribution in [0.15, 0.2) is 41.8 Å². The van der Waals surface area contributed by atoms with Crippen molar-refractivity contribution in [1.82, 2.24) is 4.98 Å². The Balaban J connectivity index is 1.72. The Hall–Kier alpha value is -2.60. The molecule has 2 aromatic carbocycles. The Morgan fingerprint density at radius 2 is 1.96 bits per heavy atom. The molecule has 1 heterocycles. The number of nitrogens with one attached hydrogen (secondary N) is 1. The molecule has 0 aliphatic rings. The Morgan fingerprint density at radius 1 is 1.16 bits per heavy atom. The second kappa shape index (κ2) is 7.11. The van der Waals surface area contributed by atoms with Gasteiger partial charge in [-0.1, -0.05) is 23.8 Å². The molecule has 0 unspecified atom stereocenters. The number of hydrogen-bond donors (Lipinski definition) is 1. The van der Waals surface area contributed by atoms with Gasteiger partial charge in [0, 0.05) is 17.0 Å². The molecule has 0 aliphatic heterocycles. The van der Waals surface area contributed by atoms with Gasteiger partial charge in [0.1, 0.15) is 11.6 Å². The van der Waals surface area contributed by atoms with Gasteiger partial charge in [0.2, 0.25) is 5.91 Å².